The predicted octanol–water partition coefficient (Wildman–Crippen LogP) is 2.62. The van der Waals surface area contributed by atoms with E-state index in [2.05, 4.69) is 5.32 Å². The largest absolute Gasteiger partial charge is 0.386 e. The Morgan fingerprint density at radius 2 is 1.78 bits per heavy atom. The quantitative estimate of drug-likeness (QED) is 0.880. The van der Waals surface area contributed by atoms with Gasteiger partial charge >= 0.3 is 0 Å². The van der Waals surface area contributed by atoms with E-state index in [0.717, 1.165) is 0 Å². The molecular formula is C13H18F2N2O. The Labute approximate surface area is 106 Å². The van der Waals surface area contributed by atoms with Crippen molar-refractivity contribution in [2.24, 2.45) is 0 Å². The fourth-order valence-electron chi connectivity index (χ4n) is 2.35. The summed E-state index contributed by atoms with van der Waals surface area (Å²) in [6, 6.07) is 3.16. The Kier molecular flexibility index (Phi) is 3.71. The van der Waals surface area contributed by atoms with Gasteiger partial charge in [0.1, 0.15) is 0 Å². The van der Waals surface area contributed by atoms with Crippen LogP contribution in [0.5, 0.6) is 0 Å². The smallest absolute Gasteiger partial charge is 0.184 e. The molecule has 0 bridgehead atoms. The SMILES string of the molecule is CNc1ccc(N2CC(C)O[C@H](C)C2)c(F)c1F. The number of anilines is 2. The molecule has 0 aromatic heterocycles. The van der Waals surface area contributed by atoms with Crippen LogP contribution in [0.2, 0.25) is 0 Å². The molecule has 2 atom stereocenters. The van der Waals surface area contributed by atoms with Gasteiger partial charge in [0.15, 0.2) is 11.6 Å². The normalized spacial score (nSPS) is 24.2. The van der Waals surface area contributed by atoms with Crippen LogP contribution in [0.25, 0.3) is 0 Å². The van der Waals surface area contributed by atoms with Gasteiger partial charge in [-0.05, 0) is 26.0 Å². The van der Waals surface area contributed by atoms with Gasteiger partial charge in [-0.3, -0.25) is 0 Å². The van der Waals surface area contributed by atoms with Crippen molar-refractivity contribution in [2.45, 2.75) is 26.1 Å². The van der Waals surface area contributed by atoms with Gasteiger partial charge in [-0.15, -0.1) is 0 Å². The van der Waals surface area contributed by atoms with Gasteiger partial charge in [0.25, 0.3) is 0 Å². The molecule has 0 saturated carbocycles. The summed E-state index contributed by atoms with van der Waals surface area (Å²) in [5.41, 5.74) is 0.471. The minimum absolute atomic E-state index is 0.0141. The van der Waals surface area contributed by atoms with Crippen LogP contribution in [-0.4, -0.2) is 32.3 Å². The van der Waals surface area contributed by atoms with Gasteiger partial charge in [0, 0.05) is 20.1 Å². The second-order valence-corrected chi connectivity index (χ2v) is 4.67. The lowest BCUT2D eigenvalue weighted by atomic mass is 10.1. The average molecular weight is 256 g/mol. The summed E-state index contributed by atoms with van der Waals surface area (Å²) in [6.07, 6.45) is 0.0281. The third kappa shape index (κ3) is 2.41. The third-order valence-corrected chi connectivity index (χ3v) is 3.09. The summed E-state index contributed by atoms with van der Waals surface area (Å²) in [5.74, 6) is -1.63. The molecule has 3 nitrogen and oxygen atoms in total. The molecule has 1 aromatic rings. The number of rotatable bonds is 2. The number of morpholine rings is 1. The minimum atomic E-state index is -0.832. The zero-order valence-corrected chi connectivity index (χ0v) is 10.8. The van der Waals surface area contributed by atoms with Crippen molar-refractivity contribution in [2.75, 3.05) is 30.4 Å². The van der Waals surface area contributed by atoms with Crippen LogP contribution in [0, 0.1) is 11.6 Å². The zero-order valence-electron chi connectivity index (χ0n) is 10.8. The fraction of sp³-hybridized carbons (Fsp3) is 0.538. The van der Waals surface area contributed by atoms with E-state index in [4.69, 9.17) is 4.74 Å². The molecule has 0 spiro atoms. The molecule has 1 unspecified atom stereocenters. The first-order valence-corrected chi connectivity index (χ1v) is 6.09. The van der Waals surface area contributed by atoms with Crippen LogP contribution in [0.4, 0.5) is 20.2 Å². The Hall–Kier alpha value is -1.36. The van der Waals surface area contributed by atoms with Crippen molar-refractivity contribution in [1.29, 1.82) is 0 Å². The lowest BCUT2D eigenvalue weighted by molar-refractivity contribution is -0.00542. The van der Waals surface area contributed by atoms with Crippen LogP contribution in [0.3, 0.4) is 0 Å². The highest BCUT2D eigenvalue weighted by molar-refractivity contribution is 5.57. The monoisotopic (exact) mass is 256 g/mol. The highest BCUT2D eigenvalue weighted by atomic mass is 19.2. The topological polar surface area (TPSA) is 24.5 Å². The number of halogens is 2. The van der Waals surface area contributed by atoms with E-state index in [-0.39, 0.29) is 17.9 Å². The van der Waals surface area contributed by atoms with E-state index >= 15 is 0 Å². The maximum Gasteiger partial charge on any atom is 0.184 e. The number of benzene rings is 1. The molecule has 0 amide bonds. The molecule has 18 heavy (non-hydrogen) atoms. The lowest BCUT2D eigenvalue weighted by Gasteiger charge is -2.37. The van der Waals surface area contributed by atoms with Gasteiger partial charge in [0.2, 0.25) is 0 Å². The van der Waals surface area contributed by atoms with Crippen LogP contribution < -0.4 is 10.2 Å². The second kappa shape index (κ2) is 5.10. The highest BCUT2D eigenvalue weighted by Crippen LogP contribution is 2.28. The van der Waals surface area contributed by atoms with Crippen molar-refractivity contribution >= 4 is 11.4 Å². The summed E-state index contributed by atoms with van der Waals surface area (Å²) in [7, 11) is 1.57. The maximum absolute atomic E-state index is 14.0. The van der Waals surface area contributed by atoms with Crippen molar-refractivity contribution in [3.63, 3.8) is 0 Å². The first kappa shape index (κ1) is 13.1. The molecule has 1 aliphatic heterocycles. The molecule has 0 aliphatic carbocycles. The third-order valence-electron chi connectivity index (χ3n) is 3.09. The molecule has 100 valence electrons. The zero-order chi connectivity index (χ0) is 13.3. The van der Waals surface area contributed by atoms with Crippen molar-refractivity contribution < 1.29 is 13.5 Å². The van der Waals surface area contributed by atoms with E-state index in [0.29, 0.717) is 18.8 Å². The van der Waals surface area contributed by atoms with Gasteiger partial charge in [-0.2, -0.15) is 0 Å². The van der Waals surface area contributed by atoms with Crippen molar-refractivity contribution in [3.8, 4) is 0 Å². The van der Waals surface area contributed by atoms with Crippen LogP contribution in [0.1, 0.15) is 13.8 Å². The number of nitrogens with one attached hydrogen (secondary N) is 1. The molecular weight excluding hydrogens is 238 g/mol. The van der Waals surface area contributed by atoms with Gasteiger partial charge < -0.3 is 15.0 Å². The lowest BCUT2D eigenvalue weighted by Crippen LogP contribution is -2.45. The summed E-state index contributed by atoms with van der Waals surface area (Å²) in [4.78, 5) is 1.83. The first-order valence-electron chi connectivity index (χ1n) is 6.09. The molecule has 1 aliphatic rings. The van der Waals surface area contributed by atoms with Crippen LogP contribution >= 0.6 is 0 Å². The summed E-state index contributed by atoms with van der Waals surface area (Å²) >= 11 is 0. The molecule has 1 saturated heterocycles. The summed E-state index contributed by atoms with van der Waals surface area (Å²) in [5, 5.41) is 2.63. The Morgan fingerprint density at radius 1 is 1.17 bits per heavy atom. The number of ether oxygens (including phenoxy) is 1. The molecule has 5 heteroatoms. The van der Waals surface area contributed by atoms with E-state index < -0.39 is 11.6 Å². The van der Waals surface area contributed by atoms with Crippen LogP contribution in [-0.2, 0) is 4.74 Å². The molecule has 1 heterocycles. The van der Waals surface area contributed by atoms with Crippen LogP contribution in [0.15, 0.2) is 12.1 Å². The molecule has 1 N–H and O–H groups in total. The summed E-state index contributed by atoms with van der Waals surface area (Å²) < 4.78 is 33.3. The molecule has 1 aromatic carbocycles. The fourth-order valence-corrected chi connectivity index (χ4v) is 2.35. The second-order valence-electron chi connectivity index (χ2n) is 4.67. The predicted molar refractivity (Wildman–Crippen MR) is 68.1 cm³/mol. The Balaban J connectivity index is 2.30. The Morgan fingerprint density at radius 3 is 2.33 bits per heavy atom. The average Bonchev–Trinajstić information content (AvgIpc) is 2.31. The summed E-state index contributed by atoms with van der Waals surface area (Å²) in [6.45, 7) is 5.00. The number of nitrogens with zero attached hydrogens (tertiary/aromatic N) is 1. The van der Waals surface area contributed by atoms with E-state index in [1.807, 2.05) is 18.7 Å². The molecule has 0 radical (unpaired) electrons. The maximum atomic E-state index is 14.0. The first-order chi connectivity index (χ1) is 8.52. The number of hydrogen-bond acceptors (Lipinski definition) is 3. The van der Waals surface area contributed by atoms with E-state index in [1.54, 1.807) is 19.2 Å². The molecule has 1 fully saturated rings. The van der Waals surface area contributed by atoms with E-state index in [1.165, 1.54) is 0 Å². The van der Waals surface area contributed by atoms with Gasteiger partial charge in [0.05, 0.1) is 23.6 Å². The minimum Gasteiger partial charge on any atom is -0.386 e. The molecule has 2 rings (SSSR count). The van der Waals surface area contributed by atoms with E-state index in [9.17, 15) is 8.78 Å². The van der Waals surface area contributed by atoms with Crippen molar-refractivity contribution in [3.05, 3.63) is 23.8 Å². The van der Waals surface area contributed by atoms with Crippen molar-refractivity contribution in [1.82, 2.24) is 0 Å². The Bertz CT molecular complexity index is 429. The number of hydrogen-bond donors (Lipinski definition) is 1. The van der Waals surface area contributed by atoms with Gasteiger partial charge in [-0.25, -0.2) is 8.78 Å². The van der Waals surface area contributed by atoms with Gasteiger partial charge in [-0.1, -0.05) is 0 Å². The highest BCUT2D eigenvalue weighted by Gasteiger charge is 2.25. The standard InChI is InChI=1S/C13H18F2N2O/c1-8-6-17(7-9(2)18-8)11-5-4-10(16-3)12(14)13(11)15/h4-5,8-9,16H,6-7H2,1-3H3/t8-,9?/m1/s1.